The van der Waals surface area contributed by atoms with Crippen molar-refractivity contribution in [3.63, 3.8) is 0 Å². The number of alkyl halides is 4. The number of unbranched alkanes of at least 4 members (excludes halogenated alkanes) is 2. The van der Waals surface area contributed by atoms with Crippen LogP contribution in [0, 0.1) is 0 Å². The first-order chi connectivity index (χ1) is 13.2. The highest BCUT2D eigenvalue weighted by atomic mass is 79.9. The zero-order chi connectivity index (χ0) is 19.5. The minimum atomic E-state index is 0.739. The molecular weight excluding hydrogens is 604 g/mol. The van der Waals surface area contributed by atoms with Gasteiger partial charge in [-0.3, -0.25) is 0 Å². The molecule has 2 nitrogen and oxygen atoms in total. The Morgan fingerprint density at radius 1 is 0.519 bits per heavy atom. The number of halogens is 4. The molecule has 0 fully saturated rings. The Morgan fingerprint density at radius 3 is 1.30 bits per heavy atom. The van der Waals surface area contributed by atoms with Crippen molar-refractivity contribution < 1.29 is 9.47 Å². The summed E-state index contributed by atoms with van der Waals surface area (Å²) in [6.07, 6.45) is 3.15. The van der Waals surface area contributed by atoms with E-state index >= 15 is 0 Å². The van der Waals surface area contributed by atoms with E-state index < -0.39 is 0 Å². The molecule has 0 radical (unpaired) electrons. The third-order valence-corrected chi connectivity index (χ3v) is 6.67. The second-order valence-corrected chi connectivity index (χ2v) is 8.40. The zero-order valence-corrected chi connectivity index (χ0v) is 21.5. The topological polar surface area (TPSA) is 18.5 Å². The van der Waals surface area contributed by atoms with Crippen molar-refractivity contribution in [2.24, 2.45) is 0 Å². The van der Waals surface area contributed by atoms with Crippen LogP contribution in [0.2, 0.25) is 0 Å². The van der Waals surface area contributed by atoms with Crippen molar-refractivity contribution in [3.05, 3.63) is 58.7 Å². The van der Waals surface area contributed by atoms with E-state index in [9.17, 15) is 0 Å². The van der Waals surface area contributed by atoms with Crippen LogP contribution < -0.4 is 9.47 Å². The summed E-state index contributed by atoms with van der Waals surface area (Å²) in [5.41, 5.74) is 5.13. The summed E-state index contributed by atoms with van der Waals surface area (Å²) in [6, 6.07) is 12.6. The summed E-state index contributed by atoms with van der Waals surface area (Å²) < 4.78 is 11.8. The lowest BCUT2D eigenvalue weighted by molar-refractivity contribution is 0.279. The van der Waals surface area contributed by atoms with E-state index in [0.717, 1.165) is 65.3 Å². The normalized spacial score (nSPS) is 10.8. The van der Waals surface area contributed by atoms with Gasteiger partial charge in [-0.25, -0.2) is 0 Å². The van der Waals surface area contributed by atoms with Gasteiger partial charge in [-0.1, -0.05) is 75.9 Å². The molecule has 2 aromatic carbocycles. The lowest BCUT2D eigenvalue weighted by atomic mass is 10.1. The minimum absolute atomic E-state index is 0.739. The molecule has 0 aliphatic rings. The Labute approximate surface area is 195 Å². The quantitative estimate of drug-likeness (QED) is 0.176. The van der Waals surface area contributed by atoms with Gasteiger partial charge in [0, 0.05) is 21.3 Å². The molecule has 6 heteroatoms. The Hall–Kier alpha value is -0.0400. The fraction of sp³-hybridized carbons (Fsp3) is 0.429. The average Bonchev–Trinajstić information content (AvgIpc) is 2.72. The van der Waals surface area contributed by atoms with E-state index in [1.165, 1.54) is 22.3 Å². The van der Waals surface area contributed by atoms with Gasteiger partial charge in [0.25, 0.3) is 0 Å². The molecule has 0 spiro atoms. The van der Waals surface area contributed by atoms with Crippen molar-refractivity contribution in [1.82, 2.24) is 0 Å². The van der Waals surface area contributed by atoms with Crippen LogP contribution in [0.25, 0.3) is 0 Å². The molecule has 148 valence electrons. The molecule has 27 heavy (non-hydrogen) atoms. The number of benzene rings is 2. The lowest BCUT2D eigenvalue weighted by Crippen LogP contribution is -2.02. The number of rotatable bonds is 12. The molecule has 0 bridgehead atoms. The summed E-state index contributed by atoms with van der Waals surface area (Å²) in [5, 5.41) is 3.42. The molecule has 0 amide bonds. The molecule has 0 N–H and O–H groups in total. The van der Waals surface area contributed by atoms with Crippen LogP contribution in [0.3, 0.4) is 0 Å². The highest BCUT2D eigenvalue weighted by Gasteiger charge is 2.04. The van der Waals surface area contributed by atoms with Gasteiger partial charge in [0.1, 0.15) is 11.5 Å². The minimum Gasteiger partial charge on any atom is -0.494 e. The Kier molecular flexibility index (Phi) is 11.4. The number of ether oxygens (including phenoxy) is 2. The molecule has 0 heterocycles. The van der Waals surface area contributed by atoms with Gasteiger partial charge in [-0.05, 0) is 65.8 Å². The van der Waals surface area contributed by atoms with Gasteiger partial charge in [0.2, 0.25) is 0 Å². The van der Waals surface area contributed by atoms with E-state index in [2.05, 4.69) is 88.0 Å². The van der Waals surface area contributed by atoms with Gasteiger partial charge in [-0.15, -0.1) is 0 Å². The largest absolute Gasteiger partial charge is 0.494 e. The van der Waals surface area contributed by atoms with Crippen molar-refractivity contribution in [2.45, 2.75) is 40.6 Å². The van der Waals surface area contributed by atoms with Crippen LogP contribution in [-0.2, 0) is 21.3 Å². The summed E-state index contributed by atoms with van der Waals surface area (Å²) >= 11 is 14.1. The van der Waals surface area contributed by atoms with Crippen LogP contribution in [0.15, 0.2) is 36.4 Å². The van der Waals surface area contributed by atoms with E-state index in [4.69, 9.17) is 9.47 Å². The standard InChI is InChI=1S/C21H24Br4O2/c22-12-16-4-6-20(10-18(16)14-24)26-8-2-1-3-9-27-21-7-5-17(13-23)19(11-21)15-25/h4-7,10-11H,1-3,8-9,12-15H2. The van der Waals surface area contributed by atoms with Crippen molar-refractivity contribution in [2.75, 3.05) is 13.2 Å². The molecule has 0 saturated carbocycles. The highest BCUT2D eigenvalue weighted by Crippen LogP contribution is 2.23. The van der Waals surface area contributed by atoms with Gasteiger partial charge in [0.15, 0.2) is 0 Å². The first-order valence-corrected chi connectivity index (χ1v) is 13.4. The smallest absolute Gasteiger partial charge is 0.119 e. The lowest BCUT2D eigenvalue weighted by Gasteiger charge is -2.11. The maximum absolute atomic E-state index is 5.88. The zero-order valence-electron chi connectivity index (χ0n) is 15.2. The predicted molar refractivity (Wildman–Crippen MR) is 128 cm³/mol. The van der Waals surface area contributed by atoms with Crippen LogP contribution >= 0.6 is 63.7 Å². The van der Waals surface area contributed by atoms with Crippen molar-refractivity contribution in [3.8, 4) is 11.5 Å². The Bertz CT molecular complexity index is 647. The van der Waals surface area contributed by atoms with Crippen molar-refractivity contribution in [1.29, 1.82) is 0 Å². The first kappa shape index (κ1) is 23.2. The van der Waals surface area contributed by atoms with E-state index in [-0.39, 0.29) is 0 Å². The summed E-state index contributed by atoms with van der Waals surface area (Å²) in [5.74, 6) is 1.89. The molecule has 0 aliphatic carbocycles. The van der Waals surface area contributed by atoms with Gasteiger partial charge < -0.3 is 9.47 Å². The highest BCUT2D eigenvalue weighted by molar-refractivity contribution is 9.09. The fourth-order valence-electron chi connectivity index (χ4n) is 2.65. The summed E-state index contributed by atoms with van der Waals surface area (Å²) in [4.78, 5) is 0. The third kappa shape index (κ3) is 7.71. The SMILES string of the molecule is BrCc1ccc(OCCCCCOc2ccc(CBr)c(CBr)c2)cc1CBr. The maximum atomic E-state index is 5.88. The van der Waals surface area contributed by atoms with Gasteiger partial charge >= 0.3 is 0 Å². The second-order valence-electron chi connectivity index (χ2n) is 6.15. The first-order valence-electron chi connectivity index (χ1n) is 8.94. The molecule has 0 aliphatic heterocycles. The molecule has 0 atom stereocenters. The Balaban J connectivity index is 1.65. The molecule has 2 rings (SSSR count). The molecular formula is C21H24Br4O2. The summed E-state index contributed by atoms with van der Waals surface area (Å²) in [7, 11) is 0. The molecule has 0 saturated heterocycles. The van der Waals surface area contributed by atoms with Crippen LogP contribution in [0.5, 0.6) is 11.5 Å². The van der Waals surface area contributed by atoms with Crippen LogP contribution in [0.1, 0.15) is 41.5 Å². The molecule has 0 aromatic heterocycles. The maximum Gasteiger partial charge on any atom is 0.119 e. The molecule has 0 unspecified atom stereocenters. The van der Waals surface area contributed by atoms with E-state index in [1.807, 2.05) is 12.1 Å². The number of hydrogen-bond donors (Lipinski definition) is 0. The number of hydrogen-bond acceptors (Lipinski definition) is 2. The van der Waals surface area contributed by atoms with Gasteiger partial charge in [0.05, 0.1) is 13.2 Å². The van der Waals surface area contributed by atoms with Crippen LogP contribution in [-0.4, -0.2) is 13.2 Å². The van der Waals surface area contributed by atoms with Crippen LogP contribution in [0.4, 0.5) is 0 Å². The third-order valence-electron chi connectivity index (χ3n) is 4.26. The van der Waals surface area contributed by atoms with E-state index in [1.54, 1.807) is 0 Å². The second kappa shape index (κ2) is 13.2. The monoisotopic (exact) mass is 624 g/mol. The Morgan fingerprint density at radius 2 is 0.926 bits per heavy atom. The summed E-state index contributed by atoms with van der Waals surface area (Å²) in [6.45, 7) is 1.48. The average molecular weight is 628 g/mol. The molecule has 2 aromatic rings. The van der Waals surface area contributed by atoms with Crippen molar-refractivity contribution >= 4 is 63.7 Å². The van der Waals surface area contributed by atoms with E-state index in [0.29, 0.717) is 0 Å². The predicted octanol–water partition coefficient (Wildman–Crippen LogP) is 7.89. The fourth-order valence-corrected chi connectivity index (χ4v) is 4.79. The van der Waals surface area contributed by atoms with Gasteiger partial charge in [-0.2, -0.15) is 0 Å².